The fourth-order valence-electron chi connectivity index (χ4n) is 2.50. The van der Waals surface area contributed by atoms with Crippen LogP contribution in [0, 0.1) is 17.7 Å². The maximum atomic E-state index is 13.3. The van der Waals surface area contributed by atoms with E-state index in [1.54, 1.807) is 0 Å². The van der Waals surface area contributed by atoms with Gasteiger partial charge in [-0.05, 0) is 30.7 Å². The molecule has 1 amide bonds. The maximum absolute atomic E-state index is 13.3. The number of aliphatic hydroxyl groups is 1. The van der Waals surface area contributed by atoms with Crippen molar-refractivity contribution in [2.75, 3.05) is 13.2 Å². The molecule has 0 saturated heterocycles. The van der Waals surface area contributed by atoms with Crippen molar-refractivity contribution in [3.8, 4) is 0 Å². The summed E-state index contributed by atoms with van der Waals surface area (Å²) >= 11 is 0. The lowest BCUT2D eigenvalue weighted by Crippen LogP contribution is -2.32. The number of carbonyl (C=O) groups is 1. The maximum Gasteiger partial charge on any atom is 0.254 e. The van der Waals surface area contributed by atoms with Crippen molar-refractivity contribution < 1.29 is 14.3 Å². The van der Waals surface area contributed by atoms with Gasteiger partial charge >= 0.3 is 0 Å². The molecule has 2 rings (SSSR count). The fourth-order valence-corrected chi connectivity index (χ4v) is 2.50. The van der Waals surface area contributed by atoms with Crippen molar-refractivity contribution >= 4 is 5.91 Å². The van der Waals surface area contributed by atoms with Gasteiger partial charge in [0, 0.05) is 19.3 Å². The number of nitrogens with zero attached hydrogens (tertiary/aromatic N) is 1. The topological polar surface area (TPSA) is 62.2 Å². The van der Waals surface area contributed by atoms with E-state index in [1.165, 1.54) is 12.3 Å². The monoisotopic (exact) mass is 252 g/mol. The van der Waals surface area contributed by atoms with Gasteiger partial charge in [0.25, 0.3) is 5.91 Å². The number of amides is 1. The Bertz CT molecular complexity index is 425. The van der Waals surface area contributed by atoms with E-state index in [0.717, 1.165) is 25.5 Å². The lowest BCUT2D eigenvalue weighted by atomic mass is 9.97. The molecule has 2 N–H and O–H groups in total. The van der Waals surface area contributed by atoms with Gasteiger partial charge in [-0.1, -0.05) is 6.42 Å². The zero-order chi connectivity index (χ0) is 13.0. The molecule has 0 aromatic carbocycles. The van der Waals surface area contributed by atoms with E-state index in [9.17, 15) is 14.3 Å². The molecule has 98 valence electrons. The predicted octanol–water partition coefficient (Wildman–Crippen LogP) is 1.36. The highest BCUT2D eigenvalue weighted by molar-refractivity contribution is 5.94. The molecule has 1 heterocycles. The molecular weight excluding hydrogens is 235 g/mol. The van der Waals surface area contributed by atoms with Crippen LogP contribution in [-0.2, 0) is 0 Å². The highest BCUT2D eigenvalue weighted by atomic mass is 19.1. The van der Waals surface area contributed by atoms with E-state index in [4.69, 9.17) is 0 Å². The normalized spacial score (nSPS) is 23.0. The number of carbonyl (C=O) groups excluding carboxylic acids is 1. The molecule has 5 heteroatoms. The van der Waals surface area contributed by atoms with Gasteiger partial charge in [0.2, 0.25) is 0 Å². The average molecular weight is 252 g/mol. The third-order valence-corrected chi connectivity index (χ3v) is 3.59. The third kappa shape index (κ3) is 2.85. The van der Waals surface area contributed by atoms with Gasteiger partial charge < -0.3 is 10.4 Å². The number of halogens is 1. The van der Waals surface area contributed by atoms with Crippen LogP contribution >= 0.6 is 0 Å². The zero-order valence-electron chi connectivity index (χ0n) is 10.1. The Morgan fingerprint density at radius 1 is 1.50 bits per heavy atom. The Morgan fingerprint density at radius 2 is 2.28 bits per heavy atom. The SMILES string of the molecule is O=C(NCC1CCCC1CO)c1ccncc1F. The molecule has 0 bridgehead atoms. The summed E-state index contributed by atoms with van der Waals surface area (Å²) in [6.07, 6.45) is 5.51. The molecule has 1 fully saturated rings. The second-order valence-corrected chi connectivity index (χ2v) is 4.70. The van der Waals surface area contributed by atoms with Gasteiger partial charge in [-0.2, -0.15) is 0 Å². The largest absolute Gasteiger partial charge is 0.396 e. The number of hydrogen-bond donors (Lipinski definition) is 2. The Kier molecular flexibility index (Phi) is 4.25. The van der Waals surface area contributed by atoms with Crippen molar-refractivity contribution in [3.05, 3.63) is 29.8 Å². The van der Waals surface area contributed by atoms with Gasteiger partial charge in [-0.25, -0.2) is 4.39 Å². The summed E-state index contributed by atoms with van der Waals surface area (Å²) in [4.78, 5) is 15.4. The first-order valence-corrected chi connectivity index (χ1v) is 6.21. The van der Waals surface area contributed by atoms with Crippen LogP contribution in [-0.4, -0.2) is 29.1 Å². The van der Waals surface area contributed by atoms with Crippen LogP contribution in [0.15, 0.2) is 18.5 Å². The van der Waals surface area contributed by atoms with Crippen LogP contribution in [0.5, 0.6) is 0 Å². The highest BCUT2D eigenvalue weighted by Gasteiger charge is 2.27. The first-order valence-electron chi connectivity index (χ1n) is 6.21. The van der Waals surface area contributed by atoms with Crippen LogP contribution in [0.25, 0.3) is 0 Å². The van der Waals surface area contributed by atoms with Gasteiger partial charge in [-0.15, -0.1) is 0 Å². The summed E-state index contributed by atoms with van der Waals surface area (Å²) in [7, 11) is 0. The second kappa shape index (κ2) is 5.91. The first-order chi connectivity index (χ1) is 8.72. The molecule has 2 unspecified atom stereocenters. The molecule has 2 atom stereocenters. The van der Waals surface area contributed by atoms with Gasteiger partial charge in [0.15, 0.2) is 5.82 Å². The van der Waals surface area contributed by atoms with Crippen molar-refractivity contribution in [1.82, 2.24) is 10.3 Å². The molecule has 4 nitrogen and oxygen atoms in total. The molecule has 1 saturated carbocycles. The summed E-state index contributed by atoms with van der Waals surface area (Å²) in [6, 6.07) is 1.36. The van der Waals surface area contributed by atoms with E-state index in [2.05, 4.69) is 10.3 Å². The van der Waals surface area contributed by atoms with Crippen LogP contribution in [0.4, 0.5) is 4.39 Å². The van der Waals surface area contributed by atoms with Crippen molar-refractivity contribution in [2.45, 2.75) is 19.3 Å². The number of nitrogens with one attached hydrogen (secondary N) is 1. The molecule has 1 aromatic heterocycles. The number of pyridine rings is 1. The molecular formula is C13H17FN2O2. The van der Waals surface area contributed by atoms with Crippen molar-refractivity contribution in [2.24, 2.45) is 11.8 Å². The minimum Gasteiger partial charge on any atom is -0.396 e. The van der Waals surface area contributed by atoms with E-state index in [1.807, 2.05) is 0 Å². The minimum atomic E-state index is -0.611. The van der Waals surface area contributed by atoms with Crippen molar-refractivity contribution in [3.63, 3.8) is 0 Å². The standard InChI is InChI=1S/C13H17FN2O2/c14-12-7-15-5-4-11(12)13(18)16-6-9-2-1-3-10(9)8-17/h4-5,7,9-10,17H,1-3,6,8H2,(H,16,18). The summed E-state index contributed by atoms with van der Waals surface area (Å²) in [5, 5.41) is 11.9. The van der Waals surface area contributed by atoms with Crippen LogP contribution in [0.3, 0.4) is 0 Å². The minimum absolute atomic E-state index is 0.0172. The molecule has 1 aromatic rings. The van der Waals surface area contributed by atoms with Gasteiger partial charge in [0.1, 0.15) is 0 Å². The Labute approximate surface area is 105 Å². The predicted molar refractivity (Wildman–Crippen MR) is 64.4 cm³/mol. The molecule has 0 aliphatic heterocycles. The molecule has 0 spiro atoms. The summed E-state index contributed by atoms with van der Waals surface area (Å²) in [5.41, 5.74) is 0.0172. The fraction of sp³-hybridized carbons (Fsp3) is 0.538. The quantitative estimate of drug-likeness (QED) is 0.850. The van der Waals surface area contributed by atoms with Crippen molar-refractivity contribution in [1.29, 1.82) is 0 Å². The second-order valence-electron chi connectivity index (χ2n) is 4.70. The number of hydrogen-bond acceptors (Lipinski definition) is 3. The van der Waals surface area contributed by atoms with Gasteiger partial charge in [0.05, 0.1) is 11.8 Å². The Hall–Kier alpha value is -1.49. The Morgan fingerprint density at radius 3 is 3.00 bits per heavy atom. The number of aromatic nitrogens is 1. The molecule has 1 aliphatic rings. The summed E-state index contributed by atoms with van der Waals surface area (Å²) < 4.78 is 13.3. The lowest BCUT2D eigenvalue weighted by molar-refractivity contribution is 0.0933. The van der Waals surface area contributed by atoms with Crippen LogP contribution < -0.4 is 5.32 Å². The third-order valence-electron chi connectivity index (χ3n) is 3.59. The molecule has 18 heavy (non-hydrogen) atoms. The highest BCUT2D eigenvalue weighted by Crippen LogP contribution is 2.30. The molecule has 1 aliphatic carbocycles. The van der Waals surface area contributed by atoms with Gasteiger partial charge in [-0.3, -0.25) is 9.78 Å². The lowest BCUT2D eigenvalue weighted by Gasteiger charge is -2.17. The number of aliphatic hydroxyl groups excluding tert-OH is 1. The zero-order valence-corrected chi connectivity index (χ0v) is 10.1. The van der Waals surface area contributed by atoms with Crippen LogP contribution in [0.2, 0.25) is 0 Å². The summed E-state index contributed by atoms with van der Waals surface area (Å²) in [5.74, 6) is -0.477. The van der Waals surface area contributed by atoms with E-state index < -0.39 is 11.7 Å². The van der Waals surface area contributed by atoms with E-state index >= 15 is 0 Å². The summed E-state index contributed by atoms with van der Waals surface area (Å²) in [6.45, 7) is 0.649. The Balaban J connectivity index is 1.91. The number of rotatable bonds is 4. The van der Waals surface area contributed by atoms with E-state index in [-0.39, 0.29) is 18.1 Å². The van der Waals surface area contributed by atoms with E-state index in [0.29, 0.717) is 12.5 Å². The molecule has 0 radical (unpaired) electrons. The smallest absolute Gasteiger partial charge is 0.254 e. The first kappa shape index (κ1) is 13.0. The average Bonchev–Trinajstić information content (AvgIpc) is 2.84. The van der Waals surface area contributed by atoms with Crippen LogP contribution in [0.1, 0.15) is 29.6 Å².